The molecule has 0 aromatic carbocycles. The van der Waals surface area contributed by atoms with Gasteiger partial charge in [0, 0.05) is 11.9 Å². The molecule has 1 aromatic heterocycles. The number of nitrogens with one attached hydrogen (secondary N) is 1. The molecule has 0 bridgehead atoms. The fourth-order valence-corrected chi connectivity index (χ4v) is 2.41. The molecule has 1 rings (SSSR count). The van der Waals surface area contributed by atoms with E-state index < -0.39 is 0 Å². The molecule has 2 nitrogen and oxygen atoms in total. The summed E-state index contributed by atoms with van der Waals surface area (Å²) in [4.78, 5) is 7.34. The molecule has 0 aliphatic heterocycles. The monoisotopic (exact) mass is 236 g/mol. The Hall–Kier alpha value is -0.790. The third kappa shape index (κ3) is 6.50. The van der Waals surface area contributed by atoms with E-state index in [-0.39, 0.29) is 0 Å². The number of aromatic amines is 1. The molecule has 98 valence electrons. The number of nitrogens with zero attached hydrogens (tertiary/aromatic N) is 1. The van der Waals surface area contributed by atoms with E-state index in [4.69, 9.17) is 0 Å². The van der Waals surface area contributed by atoms with Gasteiger partial charge in [-0.3, -0.25) is 0 Å². The lowest BCUT2D eigenvalue weighted by atomic mass is 9.91. The summed E-state index contributed by atoms with van der Waals surface area (Å²) in [6.07, 6.45) is 15.9. The first-order chi connectivity index (χ1) is 8.36. The lowest BCUT2D eigenvalue weighted by molar-refractivity contribution is 0.407. The smallest absolute Gasteiger partial charge is 0.0921 e. The Morgan fingerprint density at radius 2 is 1.82 bits per heavy atom. The van der Waals surface area contributed by atoms with Crippen LogP contribution in [0.15, 0.2) is 12.5 Å². The van der Waals surface area contributed by atoms with Crippen LogP contribution in [0.5, 0.6) is 0 Å². The fraction of sp³-hybridized carbons (Fsp3) is 0.800. The summed E-state index contributed by atoms with van der Waals surface area (Å²) in [7, 11) is 0. The summed E-state index contributed by atoms with van der Waals surface area (Å²) in [5.74, 6) is 0.854. The minimum atomic E-state index is 0.854. The highest BCUT2D eigenvalue weighted by Crippen LogP contribution is 2.20. The van der Waals surface area contributed by atoms with Gasteiger partial charge in [-0.2, -0.15) is 0 Å². The highest BCUT2D eigenvalue weighted by molar-refractivity contribution is 4.95. The third-order valence-electron chi connectivity index (χ3n) is 3.50. The molecule has 0 aliphatic rings. The van der Waals surface area contributed by atoms with Crippen LogP contribution in [0.2, 0.25) is 0 Å². The van der Waals surface area contributed by atoms with Crippen molar-refractivity contribution in [2.45, 2.75) is 71.6 Å². The minimum Gasteiger partial charge on any atom is -0.348 e. The maximum absolute atomic E-state index is 4.11. The molecule has 1 unspecified atom stereocenters. The molecular weight excluding hydrogens is 208 g/mol. The molecule has 17 heavy (non-hydrogen) atoms. The topological polar surface area (TPSA) is 28.7 Å². The van der Waals surface area contributed by atoms with Gasteiger partial charge in [0.25, 0.3) is 0 Å². The van der Waals surface area contributed by atoms with Crippen LogP contribution < -0.4 is 0 Å². The standard InChI is InChI=1S/C15H28N2/c1-3-5-7-8-10-14(9-6-4-2)11-15-12-16-13-17-15/h12-14H,3-11H2,1-2H3,(H,16,17). The van der Waals surface area contributed by atoms with Crippen molar-refractivity contribution < 1.29 is 0 Å². The molecule has 0 amide bonds. The Kier molecular flexibility index (Phi) is 7.78. The third-order valence-corrected chi connectivity index (χ3v) is 3.50. The second kappa shape index (κ2) is 9.26. The van der Waals surface area contributed by atoms with Gasteiger partial charge in [0.15, 0.2) is 0 Å². The number of hydrogen-bond acceptors (Lipinski definition) is 1. The van der Waals surface area contributed by atoms with Crippen molar-refractivity contribution in [3.8, 4) is 0 Å². The van der Waals surface area contributed by atoms with Crippen LogP contribution in [0.25, 0.3) is 0 Å². The average molecular weight is 236 g/mol. The van der Waals surface area contributed by atoms with Gasteiger partial charge in [-0.1, -0.05) is 65.2 Å². The zero-order valence-electron chi connectivity index (χ0n) is 11.5. The van der Waals surface area contributed by atoms with Gasteiger partial charge in [-0.25, -0.2) is 4.98 Å². The van der Waals surface area contributed by atoms with E-state index in [1.165, 1.54) is 63.5 Å². The highest BCUT2D eigenvalue weighted by atomic mass is 14.9. The average Bonchev–Trinajstić information content (AvgIpc) is 2.84. The second-order valence-corrected chi connectivity index (χ2v) is 5.14. The maximum atomic E-state index is 4.11. The normalized spacial score (nSPS) is 12.8. The Labute approximate surface area is 106 Å². The molecule has 1 aromatic rings. The van der Waals surface area contributed by atoms with Crippen molar-refractivity contribution in [3.05, 3.63) is 18.2 Å². The van der Waals surface area contributed by atoms with E-state index in [1.54, 1.807) is 6.33 Å². The zero-order chi connectivity index (χ0) is 12.3. The number of unbranched alkanes of at least 4 members (excludes halogenated alkanes) is 4. The fourth-order valence-electron chi connectivity index (χ4n) is 2.41. The van der Waals surface area contributed by atoms with Gasteiger partial charge < -0.3 is 4.98 Å². The Bertz CT molecular complexity index is 254. The minimum absolute atomic E-state index is 0.854. The molecule has 1 heterocycles. The van der Waals surface area contributed by atoms with Crippen molar-refractivity contribution in [2.24, 2.45) is 5.92 Å². The van der Waals surface area contributed by atoms with Crippen molar-refractivity contribution in [1.29, 1.82) is 0 Å². The quantitative estimate of drug-likeness (QED) is 0.585. The SMILES string of the molecule is CCCCCCC(CCCC)Cc1cnc[nH]1. The number of imidazole rings is 1. The number of hydrogen-bond donors (Lipinski definition) is 1. The molecule has 0 saturated carbocycles. The first-order valence-corrected chi connectivity index (χ1v) is 7.34. The second-order valence-electron chi connectivity index (χ2n) is 5.14. The van der Waals surface area contributed by atoms with E-state index >= 15 is 0 Å². The van der Waals surface area contributed by atoms with Crippen molar-refractivity contribution in [1.82, 2.24) is 9.97 Å². The van der Waals surface area contributed by atoms with Crippen LogP contribution >= 0.6 is 0 Å². The van der Waals surface area contributed by atoms with E-state index in [0.29, 0.717) is 0 Å². The summed E-state index contributed by atoms with van der Waals surface area (Å²) in [6.45, 7) is 4.56. The van der Waals surface area contributed by atoms with Crippen LogP contribution in [-0.4, -0.2) is 9.97 Å². The Balaban J connectivity index is 2.26. The molecule has 0 spiro atoms. The first-order valence-electron chi connectivity index (χ1n) is 7.34. The summed E-state index contributed by atoms with van der Waals surface area (Å²) < 4.78 is 0. The summed E-state index contributed by atoms with van der Waals surface area (Å²) in [5.41, 5.74) is 1.31. The largest absolute Gasteiger partial charge is 0.348 e. The van der Waals surface area contributed by atoms with E-state index in [2.05, 4.69) is 23.8 Å². The molecule has 1 atom stereocenters. The number of rotatable bonds is 10. The molecule has 1 N–H and O–H groups in total. The maximum Gasteiger partial charge on any atom is 0.0921 e. The van der Waals surface area contributed by atoms with Gasteiger partial charge in [-0.05, 0) is 12.3 Å². The Morgan fingerprint density at radius 1 is 1.06 bits per heavy atom. The molecule has 0 saturated heterocycles. The molecular formula is C15H28N2. The van der Waals surface area contributed by atoms with E-state index in [0.717, 1.165) is 5.92 Å². The zero-order valence-corrected chi connectivity index (χ0v) is 11.5. The molecule has 0 fully saturated rings. The van der Waals surface area contributed by atoms with Crippen molar-refractivity contribution in [3.63, 3.8) is 0 Å². The first kappa shape index (κ1) is 14.3. The predicted octanol–water partition coefficient (Wildman–Crippen LogP) is 4.73. The Morgan fingerprint density at radius 3 is 2.47 bits per heavy atom. The predicted molar refractivity (Wildman–Crippen MR) is 74.1 cm³/mol. The number of aromatic nitrogens is 2. The molecule has 2 heteroatoms. The molecule has 0 radical (unpaired) electrons. The number of H-pyrrole nitrogens is 1. The van der Waals surface area contributed by atoms with E-state index in [9.17, 15) is 0 Å². The van der Waals surface area contributed by atoms with Gasteiger partial charge in [0.2, 0.25) is 0 Å². The summed E-state index contributed by atoms with van der Waals surface area (Å²) >= 11 is 0. The lowest BCUT2D eigenvalue weighted by Crippen LogP contribution is -2.05. The van der Waals surface area contributed by atoms with Crippen LogP contribution in [0.4, 0.5) is 0 Å². The van der Waals surface area contributed by atoms with Crippen LogP contribution in [0.3, 0.4) is 0 Å². The highest BCUT2D eigenvalue weighted by Gasteiger charge is 2.09. The van der Waals surface area contributed by atoms with Gasteiger partial charge in [-0.15, -0.1) is 0 Å². The van der Waals surface area contributed by atoms with Gasteiger partial charge in [0.05, 0.1) is 6.33 Å². The molecule has 0 aliphatic carbocycles. The van der Waals surface area contributed by atoms with Crippen molar-refractivity contribution >= 4 is 0 Å². The lowest BCUT2D eigenvalue weighted by Gasteiger charge is -2.15. The van der Waals surface area contributed by atoms with Crippen LogP contribution in [0, 0.1) is 5.92 Å². The summed E-state index contributed by atoms with van der Waals surface area (Å²) in [6, 6.07) is 0. The summed E-state index contributed by atoms with van der Waals surface area (Å²) in [5, 5.41) is 0. The van der Waals surface area contributed by atoms with Crippen LogP contribution in [-0.2, 0) is 6.42 Å². The van der Waals surface area contributed by atoms with Gasteiger partial charge >= 0.3 is 0 Å². The van der Waals surface area contributed by atoms with Gasteiger partial charge in [0.1, 0.15) is 0 Å². The van der Waals surface area contributed by atoms with Crippen molar-refractivity contribution in [2.75, 3.05) is 0 Å². The van der Waals surface area contributed by atoms with E-state index in [1.807, 2.05) is 6.20 Å². The van der Waals surface area contributed by atoms with Crippen LogP contribution in [0.1, 0.15) is 70.9 Å².